The molecule has 0 aromatic rings. The van der Waals surface area contributed by atoms with Gasteiger partial charge in [0.25, 0.3) is 0 Å². The number of hydrogen-bond donors (Lipinski definition) is 2. The Labute approximate surface area is 137 Å². The summed E-state index contributed by atoms with van der Waals surface area (Å²) in [6, 6.07) is -0.395. The number of nitrogens with one attached hydrogen (secondary N) is 1. The summed E-state index contributed by atoms with van der Waals surface area (Å²) < 4.78 is 5.22. The zero-order valence-corrected chi connectivity index (χ0v) is 11.8. The van der Waals surface area contributed by atoms with E-state index < -0.39 is 5.97 Å². The first-order valence-electron chi connectivity index (χ1n) is 7.52. The van der Waals surface area contributed by atoms with Crippen LogP contribution in [0.3, 0.4) is 0 Å². The van der Waals surface area contributed by atoms with Crippen molar-refractivity contribution >= 4 is 30.9 Å². The van der Waals surface area contributed by atoms with E-state index in [0.717, 1.165) is 25.7 Å². The summed E-state index contributed by atoms with van der Waals surface area (Å²) in [5.74, 6) is -0.548. The van der Waals surface area contributed by atoms with Gasteiger partial charge in [0.15, 0.2) is 0 Å². The molecule has 0 spiro atoms. The molecular formula is C14H25LiN2O4. The van der Waals surface area contributed by atoms with E-state index in [-0.39, 0.29) is 37.4 Å². The molecule has 2 fully saturated rings. The van der Waals surface area contributed by atoms with Crippen molar-refractivity contribution in [2.24, 2.45) is 5.92 Å². The zero-order chi connectivity index (χ0) is 14.4. The summed E-state index contributed by atoms with van der Waals surface area (Å²) in [5.41, 5.74) is 0. The second-order valence-corrected chi connectivity index (χ2v) is 5.65. The molecule has 1 aliphatic heterocycles. The summed E-state index contributed by atoms with van der Waals surface area (Å²) in [6.07, 6.45) is 5.53. The maximum absolute atomic E-state index is 12.2. The van der Waals surface area contributed by atoms with E-state index in [0.29, 0.717) is 32.2 Å². The van der Waals surface area contributed by atoms with Crippen LogP contribution in [0.1, 0.15) is 38.5 Å². The molecule has 0 aromatic heterocycles. The van der Waals surface area contributed by atoms with Crippen LogP contribution in [0.25, 0.3) is 0 Å². The summed E-state index contributed by atoms with van der Waals surface area (Å²) >= 11 is 0. The molecule has 0 aromatic carbocycles. The molecule has 2 N–H and O–H groups in total. The van der Waals surface area contributed by atoms with Crippen LogP contribution < -0.4 is 5.32 Å². The Kier molecular flexibility index (Phi) is 8.16. The number of rotatable bonds is 4. The molecule has 0 bridgehead atoms. The molecule has 1 saturated carbocycles. The topological polar surface area (TPSA) is 78.9 Å². The van der Waals surface area contributed by atoms with Crippen LogP contribution in [0.2, 0.25) is 0 Å². The number of morpholine rings is 1. The number of carboxylic acids is 1. The molecule has 1 atom stereocenters. The van der Waals surface area contributed by atoms with E-state index in [1.165, 1.54) is 6.42 Å². The van der Waals surface area contributed by atoms with Crippen molar-refractivity contribution < 1.29 is 19.4 Å². The van der Waals surface area contributed by atoms with E-state index >= 15 is 0 Å². The Morgan fingerprint density at radius 3 is 2.38 bits per heavy atom. The number of carbonyl (C=O) groups excluding carboxylic acids is 1. The minimum atomic E-state index is -0.845. The van der Waals surface area contributed by atoms with Crippen LogP contribution in [0.15, 0.2) is 0 Å². The molecule has 1 unspecified atom stereocenters. The number of nitrogens with zero attached hydrogens (tertiary/aromatic N) is 1. The van der Waals surface area contributed by atoms with Crippen molar-refractivity contribution in [3.8, 4) is 0 Å². The Morgan fingerprint density at radius 2 is 1.81 bits per heavy atom. The number of aliphatic carboxylic acids is 1. The van der Waals surface area contributed by atoms with Crippen LogP contribution in [-0.4, -0.2) is 73.2 Å². The van der Waals surface area contributed by atoms with Gasteiger partial charge in [0.1, 0.15) is 0 Å². The molecule has 7 heteroatoms. The fourth-order valence-electron chi connectivity index (χ4n) is 3.08. The van der Waals surface area contributed by atoms with Gasteiger partial charge in [-0.1, -0.05) is 19.3 Å². The Bertz CT molecular complexity index is 342. The normalized spacial score (nSPS) is 21.2. The Morgan fingerprint density at radius 1 is 1.19 bits per heavy atom. The first-order chi connectivity index (χ1) is 9.66. The predicted molar refractivity (Wildman–Crippen MR) is 80.7 cm³/mol. The number of hydrogen-bond acceptors (Lipinski definition) is 3. The van der Waals surface area contributed by atoms with Crippen molar-refractivity contribution in [3.05, 3.63) is 0 Å². The van der Waals surface area contributed by atoms with E-state index in [1.54, 1.807) is 4.90 Å². The van der Waals surface area contributed by atoms with E-state index in [9.17, 15) is 9.59 Å². The van der Waals surface area contributed by atoms with Gasteiger partial charge in [-0.2, -0.15) is 0 Å². The monoisotopic (exact) mass is 292 g/mol. The second-order valence-electron chi connectivity index (χ2n) is 5.65. The summed E-state index contributed by atoms with van der Waals surface area (Å²) in [4.78, 5) is 24.9. The number of carbonyl (C=O) groups is 2. The number of carboxylic acid groups (broad SMARTS) is 1. The van der Waals surface area contributed by atoms with Gasteiger partial charge in [0, 0.05) is 19.1 Å². The maximum atomic E-state index is 12.2. The molecule has 2 aliphatic rings. The van der Waals surface area contributed by atoms with Crippen LogP contribution in [-0.2, 0) is 9.53 Å². The molecule has 0 radical (unpaired) electrons. The summed E-state index contributed by atoms with van der Waals surface area (Å²) in [6.45, 7) is 2.27. The standard InChI is InChI=1S/C14H24N2O4.Li.H/c17-13(18)10-12(11-4-2-1-3-5-11)15-14(19)16-6-8-20-9-7-16;;/h11-12H,1-10H2,(H,15,19)(H,17,18);;. The SMILES string of the molecule is O=C(O)CC(NC(=O)N1CCOCC1)C1CCCCC1.[LiH]. The predicted octanol–water partition coefficient (Wildman–Crippen LogP) is 0.803. The molecule has 2 rings (SSSR count). The van der Waals surface area contributed by atoms with Gasteiger partial charge in [0.2, 0.25) is 0 Å². The molecule has 1 heterocycles. The number of urea groups is 1. The zero-order valence-electron chi connectivity index (χ0n) is 11.8. The Hall–Kier alpha value is -0.703. The third-order valence-electron chi connectivity index (χ3n) is 4.22. The first-order valence-corrected chi connectivity index (χ1v) is 7.52. The van der Waals surface area contributed by atoms with E-state index in [2.05, 4.69) is 5.32 Å². The molecule has 1 saturated heterocycles. The van der Waals surface area contributed by atoms with E-state index in [4.69, 9.17) is 9.84 Å². The van der Waals surface area contributed by atoms with Crippen LogP contribution >= 0.6 is 0 Å². The van der Waals surface area contributed by atoms with E-state index in [1.807, 2.05) is 0 Å². The van der Waals surface area contributed by atoms with Crippen molar-refractivity contribution in [2.45, 2.75) is 44.6 Å². The van der Waals surface area contributed by atoms with Gasteiger partial charge < -0.3 is 20.1 Å². The fourth-order valence-corrected chi connectivity index (χ4v) is 3.08. The third kappa shape index (κ3) is 5.89. The van der Waals surface area contributed by atoms with Crippen molar-refractivity contribution in [1.29, 1.82) is 0 Å². The Balaban J connectivity index is 0.00000220. The van der Waals surface area contributed by atoms with Crippen LogP contribution in [0.4, 0.5) is 4.79 Å². The van der Waals surface area contributed by atoms with Gasteiger partial charge >= 0.3 is 30.9 Å². The average molecular weight is 292 g/mol. The number of ether oxygens (including phenoxy) is 1. The first kappa shape index (κ1) is 18.3. The minimum absolute atomic E-state index is 0. The van der Waals surface area contributed by atoms with Gasteiger partial charge in [-0.3, -0.25) is 4.79 Å². The van der Waals surface area contributed by atoms with Gasteiger partial charge in [-0.05, 0) is 18.8 Å². The molecule has 21 heavy (non-hydrogen) atoms. The molecule has 2 amide bonds. The number of amides is 2. The quantitative estimate of drug-likeness (QED) is 0.751. The average Bonchev–Trinajstić information content (AvgIpc) is 2.48. The van der Waals surface area contributed by atoms with Gasteiger partial charge in [-0.15, -0.1) is 0 Å². The van der Waals surface area contributed by atoms with Crippen LogP contribution in [0, 0.1) is 5.92 Å². The molecule has 6 nitrogen and oxygen atoms in total. The summed E-state index contributed by atoms with van der Waals surface area (Å²) in [5, 5.41) is 12.0. The molecule has 1 aliphatic carbocycles. The molecular weight excluding hydrogens is 267 g/mol. The van der Waals surface area contributed by atoms with Crippen molar-refractivity contribution in [2.75, 3.05) is 26.3 Å². The van der Waals surface area contributed by atoms with Gasteiger partial charge in [0.05, 0.1) is 19.6 Å². The fraction of sp³-hybridized carbons (Fsp3) is 0.857. The second kappa shape index (κ2) is 9.34. The molecule has 116 valence electrons. The third-order valence-corrected chi connectivity index (χ3v) is 4.22. The van der Waals surface area contributed by atoms with Gasteiger partial charge in [-0.25, -0.2) is 4.79 Å². The summed E-state index contributed by atoms with van der Waals surface area (Å²) in [7, 11) is 0. The van der Waals surface area contributed by atoms with Crippen molar-refractivity contribution in [3.63, 3.8) is 0 Å². The van der Waals surface area contributed by atoms with Crippen molar-refractivity contribution in [1.82, 2.24) is 10.2 Å². The van der Waals surface area contributed by atoms with Crippen LogP contribution in [0.5, 0.6) is 0 Å².